The van der Waals surface area contributed by atoms with Crippen LogP contribution in [0.1, 0.15) is 31.9 Å². The summed E-state index contributed by atoms with van der Waals surface area (Å²) >= 11 is 0. The first-order chi connectivity index (χ1) is 7.34. The predicted molar refractivity (Wildman–Crippen MR) is 60.6 cm³/mol. The molecule has 3 heteroatoms. The zero-order valence-electron chi connectivity index (χ0n) is 9.65. The van der Waals surface area contributed by atoms with Crippen molar-refractivity contribution in [1.82, 2.24) is 4.98 Å². The van der Waals surface area contributed by atoms with Gasteiger partial charge in [0, 0.05) is 31.0 Å². The lowest BCUT2D eigenvalue weighted by Gasteiger charge is -2.10. The molecule has 1 atom stereocenters. The van der Waals surface area contributed by atoms with Gasteiger partial charge >= 0.3 is 0 Å². The van der Waals surface area contributed by atoms with Gasteiger partial charge in [0.05, 0.1) is 13.2 Å². The van der Waals surface area contributed by atoms with E-state index < -0.39 is 0 Å². The molecule has 0 bridgehead atoms. The molecule has 84 valence electrons. The van der Waals surface area contributed by atoms with Crippen LogP contribution in [0, 0.1) is 0 Å². The van der Waals surface area contributed by atoms with E-state index in [2.05, 4.69) is 29.4 Å². The normalized spacial score (nSPS) is 12.7. The molecule has 2 N–H and O–H groups in total. The summed E-state index contributed by atoms with van der Waals surface area (Å²) in [6, 6.07) is 4.66. The summed E-state index contributed by atoms with van der Waals surface area (Å²) in [5.41, 5.74) is 1.33. The fraction of sp³-hybridized carbons (Fsp3) is 0.583. The van der Waals surface area contributed by atoms with Crippen LogP contribution in [0.2, 0.25) is 0 Å². The first-order valence-corrected chi connectivity index (χ1v) is 5.65. The first-order valence-electron chi connectivity index (χ1n) is 5.65. The highest BCUT2D eigenvalue weighted by molar-refractivity contribution is 5.11. The predicted octanol–water partition coefficient (Wildman–Crippen LogP) is 1.13. The quantitative estimate of drug-likeness (QED) is 0.684. The summed E-state index contributed by atoms with van der Waals surface area (Å²) in [6.45, 7) is 7.05. The fourth-order valence-corrected chi connectivity index (χ4v) is 1.50. The first kappa shape index (κ1) is 12.1. The molecule has 1 aromatic heterocycles. The highest BCUT2D eigenvalue weighted by Crippen LogP contribution is 2.04. The number of pyridine rings is 1. The highest BCUT2D eigenvalue weighted by Gasteiger charge is 2.06. The van der Waals surface area contributed by atoms with Gasteiger partial charge in [0.15, 0.2) is 0 Å². The summed E-state index contributed by atoms with van der Waals surface area (Å²) in [7, 11) is 0. The Hall–Kier alpha value is -0.930. The van der Waals surface area contributed by atoms with E-state index in [1.807, 2.05) is 19.3 Å². The summed E-state index contributed by atoms with van der Waals surface area (Å²) < 4.78 is 5.29. The molecule has 0 aliphatic carbocycles. The zero-order valence-corrected chi connectivity index (χ0v) is 9.65. The maximum atomic E-state index is 5.29. The molecule has 3 nitrogen and oxygen atoms in total. The van der Waals surface area contributed by atoms with E-state index in [1.165, 1.54) is 5.56 Å². The second kappa shape index (κ2) is 7.37. The van der Waals surface area contributed by atoms with Crippen molar-refractivity contribution in [3.8, 4) is 0 Å². The van der Waals surface area contributed by atoms with Crippen molar-refractivity contribution in [2.45, 2.75) is 26.3 Å². The number of nitrogens with two attached hydrogens (primary N) is 1. The van der Waals surface area contributed by atoms with Crippen LogP contribution in [-0.2, 0) is 4.74 Å². The van der Waals surface area contributed by atoms with Crippen molar-refractivity contribution in [3.63, 3.8) is 0 Å². The molecule has 15 heavy (non-hydrogen) atoms. The van der Waals surface area contributed by atoms with Crippen molar-refractivity contribution in [3.05, 3.63) is 30.1 Å². The molecule has 0 fully saturated rings. The van der Waals surface area contributed by atoms with Crippen LogP contribution >= 0.6 is 0 Å². The molecule has 0 aromatic carbocycles. The molecular formula is C12H21N2O+. The van der Waals surface area contributed by atoms with Gasteiger partial charge in [-0.1, -0.05) is 0 Å². The Morgan fingerprint density at radius 2 is 2.13 bits per heavy atom. The Bertz CT molecular complexity index is 251. The number of rotatable bonds is 7. The Morgan fingerprint density at radius 1 is 1.40 bits per heavy atom. The maximum absolute atomic E-state index is 5.29. The average molecular weight is 209 g/mol. The summed E-state index contributed by atoms with van der Waals surface area (Å²) in [6.07, 6.45) is 4.81. The fourth-order valence-electron chi connectivity index (χ4n) is 1.50. The molecular weight excluding hydrogens is 188 g/mol. The number of nitrogens with zero attached hydrogens (tertiary/aromatic N) is 1. The van der Waals surface area contributed by atoms with Gasteiger partial charge in [0.2, 0.25) is 0 Å². The minimum absolute atomic E-state index is 0.509. The van der Waals surface area contributed by atoms with Gasteiger partial charge in [-0.15, -0.1) is 0 Å². The van der Waals surface area contributed by atoms with Crippen LogP contribution in [0.5, 0.6) is 0 Å². The monoisotopic (exact) mass is 209 g/mol. The standard InChI is InChI=1S/C12H20N2O/c1-3-15-10-4-7-14-11(2)12-5-8-13-9-6-12/h5-6,8-9,11,14H,3-4,7,10H2,1-2H3/p+1/t11-/m0/s1. The Kier molecular flexibility index (Phi) is 5.97. The van der Waals surface area contributed by atoms with Crippen molar-refractivity contribution in [1.29, 1.82) is 0 Å². The van der Waals surface area contributed by atoms with Gasteiger partial charge < -0.3 is 10.1 Å². The third-order valence-electron chi connectivity index (χ3n) is 2.45. The third-order valence-corrected chi connectivity index (χ3v) is 2.45. The molecule has 0 radical (unpaired) electrons. The summed E-state index contributed by atoms with van der Waals surface area (Å²) in [4.78, 5) is 4.01. The largest absolute Gasteiger partial charge is 0.382 e. The second-order valence-corrected chi connectivity index (χ2v) is 3.64. The Morgan fingerprint density at radius 3 is 2.80 bits per heavy atom. The van der Waals surface area contributed by atoms with Crippen molar-refractivity contribution in [2.24, 2.45) is 0 Å². The van der Waals surface area contributed by atoms with Crippen LogP contribution < -0.4 is 5.32 Å². The lowest BCUT2D eigenvalue weighted by molar-refractivity contribution is -0.693. The summed E-state index contributed by atoms with van der Waals surface area (Å²) in [5, 5.41) is 2.34. The molecule has 0 saturated carbocycles. The molecule has 0 aliphatic heterocycles. The Labute approximate surface area is 91.9 Å². The van der Waals surface area contributed by atoms with Crippen LogP contribution in [0.4, 0.5) is 0 Å². The third kappa shape index (κ3) is 4.91. The zero-order chi connectivity index (χ0) is 10.9. The minimum Gasteiger partial charge on any atom is -0.382 e. The van der Waals surface area contributed by atoms with Gasteiger partial charge in [-0.05, 0) is 26.0 Å². The van der Waals surface area contributed by atoms with Crippen molar-refractivity contribution < 1.29 is 10.1 Å². The molecule has 1 heterocycles. The smallest absolute Gasteiger partial charge is 0.109 e. The lowest BCUT2D eigenvalue weighted by atomic mass is 10.1. The van der Waals surface area contributed by atoms with Gasteiger partial charge in [-0.2, -0.15) is 0 Å². The van der Waals surface area contributed by atoms with E-state index >= 15 is 0 Å². The molecule has 1 aromatic rings. The highest BCUT2D eigenvalue weighted by atomic mass is 16.5. The van der Waals surface area contributed by atoms with E-state index in [0.29, 0.717) is 6.04 Å². The minimum atomic E-state index is 0.509. The van der Waals surface area contributed by atoms with Crippen LogP contribution in [0.25, 0.3) is 0 Å². The second-order valence-electron chi connectivity index (χ2n) is 3.64. The molecule has 0 aliphatic rings. The van der Waals surface area contributed by atoms with Gasteiger partial charge in [0.25, 0.3) is 0 Å². The Balaban J connectivity index is 2.16. The van der Waals surface area contributed by atoms with E-state index in [4.69, 9.17) is 4.74 Å². The molecule has 0 saturated heterocycles. The van der Waals surface area contributed by atoms with Crippen molar-refractivity contribution >= 4 is 0 Å². The number of aromatic nitrogens is 1. The van der Waals surface area contributed by atoms with Gasteiger partial charge in [-0.3, -0.25) is 4.98 Å². The number of ether oxygens (including phenoxy) is 1. The maximum Gasteiger partial charge on any atom is 0.109 e. The SMILES string of the molecule is CCOCCC[NH2+][C@@H](C)c1ccncc1. The summed E-state index contributed by atoms with van der Waals surface area (Å²) in [5.74, 6) is 0. The van der Waals surface area contributed by atoms with Crippen molar-refractivity contribution in [2.75, 3.05) is 19.8 Å². The number of quaternary nitrogens is 1. The van der Waals surface area contributed by atoms with E-state index in [9.17, 15) is 0 Å². The molecule has 0 unspecified atom stereocenters. The number of hydrogen-bond acceptors (Lipinski definition) is 2. The molecule has 0 amide bonds. The van der Waals surface area contributed by atoms with Gasteiger partial charge in [-0.25, -0.2) is 0 Å². The van der Waals surface area contributed by atoms with E-state index in [0.717, 1.165) is 26.2 Å². The topological polar surface area (TPSA) is 38.7 Å². The number of hydrogen-bond donors (Lipinski definition) is 1. The van der Waals surface area contributed by atoms with E-state index in [-0.39, 0.29) is 0 Å². The molecule has 1 rings (SSSR count). The molecule has 0 spiro atoms. The van der Waals surface area contributed by atoms with Crippen LogP contribution in [0.15, 0.2) is 24.5 Å². The van der Waals surface area contributed by atoms with Gasteiger partial charge in [0.1, 0.15) is 6.04 Å². The van der Waals surface area contributed by atoms with Crippen LogP contribution in [0.3, 0.4) is 0 Å². The lowest BCUT2D eigenvalue weighted by Crippen LogP contribution is -2.84. The average Bonchev–Trinajstić information content (AvgIpc) is 2.30. The van der Waals surface area contributed by atoms with E-state index in [1.54, 1.807) is 0 Å². The van der Waals surface area contributed by atoms with Crippen LogP contribution in [-0.4, -0.2) is 24.7 Å².